The molecule has 0 radical (unpaired) electrons. The number of allylic oxidation sites excluding steroid dienone is 3. The van der Waals surface area contributed by atoms with Gasteiger partial charge in [-0.3, -0.25) is 0 Å². The van der Waals surface area contributed by atoms with Crippen molar-refractivity contribution >= 4 is 14.1 Å². The molecule has 0 aliphatic carbocycles. The van der Waals surface area contributed by atoms with Crippen molar-refractivity contribution in [3.63, 3.8) is 0 Å². The molecule has 0 unspecified atom stereocenters. The predicted octanol–water partition coefficient (Wildman–Crippen LogP) is -9.16. The Hall–Kier alpha value is 1.63. The van der Waals surface area contributed by atoms with Gasteiger partial charge in [0.15, 0.2) is 0 Å². The van der Waals surface area contributed by atoms with Crippen LogP contribution in [0.5, 0.6) is 0 Å². The van der Waals surface area contributed by atoms with E-state index in [0.717, 1.165) is 0 Å². The molecule has 0 amide bonds. The van der Waals surface area contributed by atoms with E-state index in [-0.39, 0.29) is 71.3 Å². The summed E-state index contributed by atoms with van der Waals surface area (Å²) >= 11 is -1.04. The Kier molecular flexibility index (Phi) is 43.2. The second-order valence-electron chi connectivity index (χ2n) is 2.97. The van der Waals surface area contributed by atoms with Crippen LogP contribution >= 0.6 is 0 Å². The van der Waals surface area contributed by atoms with Crippen LogP contribution in [-0.4, -0.2) is 14.1 Å². The molecule has 0 aromatic heterocycles. The maximum Gasteiger partial charge on any atom is 4.00 e. The third-order valence-corrected chi connectivity index (χ3v) is 4.44. The molecule has 0 saturated heterocycles. The minimum Gasteiger partial charge on any atom is -1.00 e. The molecule has 0 saturated carbocycles. The largest absolute Gasteiger partial charge is 4.00 e. The monoisotopic (exact) mass is 338 g/mol. The van der Waals surface area contributed by atoms with Gasteiger partial charge in [0.05, 0.1) is 0 Å². The molecule has 0 fully saturated rings. The zero-order valence-electron chi connectivity index (χ0n) is 9.21. The summed E-state index contributed by atoms with van der Waals surface area (Å²) in [5.41, 5.74) is 0. The normalized spacial score (nSPS) is 5.80. The summed E-state index contributed by atoms with van der Waals surface area (Å²) < 4.78 is 3.79. The molecule has 0 rings (SSSR count). The van der Waals surface area contributed by atoms with Crippen LogP contribution in [-0.2, 0) is 21.7 Å². The van der Waals surface area contributed by atoms with Gasteiger partial charge >= 0.3 is 35.9 Å². The summed E-state index contributed by atoms with van der Waals surface area (Å²) in [4.78, 5) is 0. The van der Waals surface area contributed by atoms with E-state index in [4.69, 9.17) is 0 Å². The average Bonchev–Trinajstić information content (AvgIpc) is 1.59. The van der Waals surface area contributed by atoms with Crippen LogP contribution in [0, 0.1) is 0 Å². The Balaban J connectivity index is -0.0000000405. The van der Waals surface area contributed by atoms with Crippen molar-refractivity contribution in [3.8, 4) is 0 Å². The molecule has 0 N–H and O–H groups in total. The van der Waals surface area contributed by atoms with Gasteiger partial charge in [0, 0.05) is 0 Å². The van der Waals surface area contributed by atoms with Crippen LogP contribution in [0.25, 0.3) is 0 Å². The molecule has 86 valence electrons. The van der Waals surface area contributed by atoms with Crippen LogP contribution in [0.1, 0.15) is 20.8 Å². The van der Waals surface area contributed by atoms with Gasteiger partial charge in [-0.25, -0.2) is 0 Å². The molecule has 0 bridgehead atoms. The SMILES string of the molecule is C=[C](C)[Al]([C](=C)C)[C](=C)C.[Cl-].[Cl-].[Cl-].[Cl-].[Ti+4]. The molecule has 0 aromatic carbocycles. The molecule has 0 aromatic rings. The first-order valence-electron chi connectivity index (χ1n) is 3.43. The average molecular weight is 340 g/mol. The Labute approximate surface area is 138 Å². The summed E-state index contributed by atoms with van der Waals surface area (Å²) in [7, 11) is 0. The Bertz CT molecular complexity index is 161. The van der Waals surface area contributed by atoms with Gasteiger partial charge in [-0.1, -0.05) is 20.8 Å². The summed E-state index contributed by atoms with van der Waals surface area (Å²) in [6.07, 6.45) is 0. The van der Waals surface area contributed by atoms with Crippen LogP contribution in [0.4, 0.5) is 0 Å². The van der Waals surface area contributed by atoms with Crippen LogP contribution in [0.15, 0.2) is 33.0 Å². The van der Waals surface area contributed by atoms with Crippen molar-refractivity contribution in [2.75, 3.05) is 0 Å². The molecule has 15 heavy (non-hydrogen) atoms. The standard InChI is InChI=1S/3C3H5.Al.4ClH.Ti/c3*1-3-2;;;;;;/h3*1H2,2H3;;4*1H;/q;;;;;;;;+4/p-4. The van der Waals surface area contributed by atoms with Gasteiger partial charge in [0.1, 0.15) is 0 Å². The zero-order chi connectivity index (χ0) is 8.31. The first kappa shape index (κ1) is 36.0. The molecular formula is C9H15AlCl4Ti. The smallest absolute Gasteiger partial charge is 1.00 e. The molecular weight excluding hydrogens is 325 g/mol. The van der Waals surface area contributed by atoms with Gasteiger partial charge in [-0.05, 0) is 0 Å². The molecule has 0 heterocycles. The third kappa shape index (κ3) is 15.6. The second-order valence-corrected chi connectivity index (χ2v) is 6.79. The van der Waals surface area contributed by atoms with Crippen LogP contribution in [0.3, 0.4) is 0 Å². The fourth-order valence-electron chi connectivity index (χ4n) is 1.26. The van der Waals surface area contributed by atoms with E-state index in [9.17, 15) is 0 Å². The third-order valence-electron chi connectivity index (χ3n) is 1.48. The summed E-state index contributed by atoms with van der Waals surface area (Å²) in [5, 5.41) is 0. The Morgan fingerprint density at radius 1 is 0.667 bits per heavy atom. The van der Waals surface area contributed by atoms with E-state index in [2.05, 4.69) is 40.5 Å². The van der Waals surface area contributed by atoms with Gasteiger partial charge in [0.25, 0.3) is 0 Å². The summed E-state index contributed by atoms with van der Waals surface area (Å²) in [6, 6.07) is 0. The van der Waals surface area contributed by atoms with Crippen molar-refractivity contribution in [2.45, 2.75) is 20.8 Å². The van der Waals surface area contributed by atoms with Gasteiger partial charge < -0.3 is 49.6 Å². The first-order valence-corrected chi connectivity index (χ1v) is 5.16. The fourth-order valence-corrected chi connectivity index (χ4v) is 3.79. The summed E-state index contributed by atoms with van der Waals surface area (Å²) in [6.45, 7) is 18.0. The van der Waals surface area contributed by atoms with E-state index < -0.39 is 14.1 Å². The Morgan fingerprint density at radius 3 is 0.800 bits per heavy atom. The molecule has 0 aliphatic rings. The van der Waals surface area contributed by atoms with Gasteiger partial charge in [-0.15, -0.1) is 33.0 Å². The van der Waals surface area contributed by atoms with E-state index in [1.54, 1.807) is 0 Å². The molecule has 0 atom stereocenters. The molecule has 0 aliphatic heterocycles. The molecule has 0 spiro atoms. The number of halogens is 4. The first-order chi connectivity index (χ1) is 4.46. The number of rotatable bonds is 3. The minimum atomic E-state index is -1.04. The van der Waals surface area contributed by atoms with Crippen LogP contribution in [0.2, 0.25) is 0 Å². The maximum absolute atomic E-state index is 3.94. The van der Waals surface area contributed by atoms with Crippen molar-refractivity contribution in [3.05, 3.63) is 33.0 Å². The van der Waals surface area contributed by atoms with Crippen molar-refractivity contribution in [2.24, 2.45) is 0 Å². The maximum atomic E-state index is 3.94. The van der Waals surface area contributed by atoms with Crippen molar-refractivity contribution in [1.29, 1.82) is 0 Å². The van der Waals surface area contributed by atoms with Gasteiger partial charge in [0.2, 0.25) is 0 Å². The van der Waals surface area contributed by atoms with E-state index in [1.807, 2.05) is 0 Å². The number of hydrogen-bond donors (Lipinski definition) is 0. The van der Waals surface area contributed by atoms with Crippen LogP contribution < -0.4 is 49.6 Å². The quantitative estimate of drug-likeness (QED) is 0.448. The fraction of sp³-hybridized carbons (Fsp3) is 0.333. The molecule has 6 heteroatoms. The van der Waals surface area contributed by atoms with E-state index >= 15 is 0 Å². The van der Waals surface area contributed by atoms with E-state index in [0.29, 0.717) is 0 Å². The topological polar surface area (TPSA) is 0 Å². The zero-order valence-corrected chi connectivity index (χ0v) is 15.0. The minimum absolute atomic E-state index is 0. The Morgan fingerprint density at radius 2 is 0.800 bits per heavy atom. The molecule has 0 nitrogen and oxygen atoms in total. The second kappa shape index (κ2) is 18.0. The van der Waals surface area contributed by atoms with Crippen molar-refractivity contribution in [1.82, 2.24) is 0 Å². The predicted molar refractivity (Wildman–Crippen MR) is 50.2 cm³/mol. The number of hydrogen-bond acceptors (Lipinski definition) is 0. The van der Waals surface area contributed by atoms with Gasteiger partial charge in [-0.2, -0.15) is 0 Å². The van der Waals surface area contributed by atoms with E-state index in [1.165, 1.54) is 13.3 Å². The summed E-state index contributed by atoms with van der Waals surface area (Å²) in [5.74, 6) is 0. The van der Waals surface area contributed by atoms with Crippen molar-refractivity contribution < 1.29 is 71.3 Å².